The van der Waals surface area contributed by atoms with Crippen molar-refractivity contribution in [3.05, 3.63) is 68.2 Å². The normalized spacial score (nSPS) is 10.6. The molecule has 0 spiro atoms. The fraction of sp³-hybridized carbons (Fsp3) is 0.0714. The minimum Gasteiger partial charge on any atom is -0.318 e. The zero-order valence-corrected chi connectivity index (χ0v) is 14.0. The first-order valence-electron chi connectivity index (χ1n) is 6.89. The number of halogens is 2. The van der Waals surface area contributed by atoms with Gasteiger partial charge in [0.15, 0.2) is 0 Å². The summed E-state index contributed by atoms with van der Waals surface area (Å²) in [5, 5.41) is 24.2. The highest BCUT2D eigenvalue weighted by Crippen LogP contribution is 2.23. The van der Waals surface area contributed by atoms with Gasteiger partial charge in [0.2, 0.25) is 5.69 Å². The number of carbonyl (C=O) groups excluding carboxylic acids is 1. The van der Waals surface area contributed by atoms with E-state index >= 15 is 0 Å². The highest BCUT2D eigenvalue weighted by atomic mass is 35.5. The van der Waals surface area contributed by atoms with Crippen LogP contribution in [0.1, 0.15) is 16.1 Å². The molecule has 1 amide bonds. The lowest BCUT2D eigenvalue weighted by atomic mass is 10.2. The second kappa shape index (κ2) is 6.91. The number of carbonyl (C=O) groups is 1. The van der Waals surface area contributed by atoms with Crippen LogP contribution in [0.5, 0.6) is 0 Å². The number of benzene rings is 1. The largest absolute Gasteiger partial charge is 0.319 e. The zero-order valence-electron chi connectivity index (χ0n) is 12.4. The molecule has 3 rings (SSSR count). The van der Waals surface area contributed by atoms with E-state index in [9.17, 15) is 14.9 Å². The topological polar surface area (TPSA) is 119 Å². The fourth-order valence-electron chi connectivity index (χ4n) is 2.12. The second-order valence-corrected chi connectivity index (χ2v) is 5.83. The fourth-order valence-corrected chi connectivity index (χ4v) is 2.44. The van der Waals surface area contributed by atoms with Crippen LogP contribution in [-0.4, -0.2) is 30.8 Å². The molecule has 9 nitrogen and oxygen atoms in total. The number of rotatable bonds is 5. The van der Waals surface area contributed by atoms with E-state index in [2.05, 4.69) is 20.6 Å². The number of hydrogen-bond acceptors (Lipinski definition) is 5. The number of aromatic amines is 1. The average Bonchev–Trinajstić information content (AvgIpc) is 3.20. The van der Waals surface area contributed by atoms with Crippen LogP contribution in [-0.2, 0) is 6.54 Å². The Morgan fingerprint density at radius 2 is 2.12 bits per heavy atom. The summed E-state index contributed by atoms with van der Waals surface area (Å²) < 4.78 is 1.58. The molecule has 0 saturated heterocycles. The molecule has 0 aliphatic heterocycles. The SMILES string of the molecule is O=C(Nc1cnn(Cc2ccc(Cl)c(Cl)c2)c1)c1[nH]ncc1[N+](=O)[O-]. The van der Waals surface area contributed by atoms with Crippen molar-refractivity contribution in [3.63, 3.8) is 0 Å². The van der Waals surface area contributed by atoms with E-state index in [1.807, 2.05) is 6.07 Å². The molecule has 2 N–H and O–H groups in total. The lowest BCUT2D eigenvalue weighted by molar-refractivity contribution is -0.385. The van der Waals surface area contributed by atoms with Crippen LogP contribution >= 0.6 is 23.2 Å². The summed E-state index contributed by atoms with van der Waals surface area (Å²) in [6.07, 6.45) is 3.99. The van der Waals surface area contributed by atoms with Gasteiger partial charge in [-0.3, -0.25) is 24.7 Å². The van der Waals surface area contributed by atoms with Gasteiger partial charge in [-0.2, -0.15) is 10.2 Å². The Kier molecular flexibility index (Phi) is 4.68. The number of H-pyrrole nitrogens is 1. The molecular formula is C14H10Cl2N6O3. The predicted octanol–water partition coefficient (Wildman–Crippen LogP) is 3.12. The van der Waals surface area contributed by atoms with E-state index in [1.165, 1.54) is 6.20 Å². The molecule has 11 heteroatoms. The van der Waals surface area contributed by atoms with Crippen molar-refractivity contribution in [2.24, 2.45) is 0 Å². The molecule has 0 radical (unpaired) electrons. The molecule has 0 bridgehead atoms. The number of hydrogen-bond donors (Lipinski definition) is 2. The minimum absolute atomic E-state index is 0.234. The molecule has 2 aromatic heterocycles. The van der Waals surface area contributed by atoms with E-state index < -0.39 is 16.5 Å². The van der Waals surface area contributed by atoms with Crippen molar-refractivity contribution in [2.45, 2.75) is 6.54 Å². The number of nitrogens with zero attached hydrogens (tertiary/aromatic N) is 4. The summed E-state index contributed by atoms with van der Waals surface area (Å²) in [5.41, 5.74) is 0.622. The van der Waals surface area contributed by atoms with E-state index in [4.69, 9.17) is 23.2 Å². The molecule has 25 heavy (non-hydrogen) atoms. The van der Waals surface area contributed by atoms with E-state index in [0.717, 1.165) is 11.8 Å². The molecule has 0 aliphatic carbocycles. The van der Waals surface area contributed by atoms with Crippen molar-refractivity contribution in [1.29, 1.82) is 0 Å². The van der Waals surface area contributed by atoms with E-state index in [-0.39, 0.29) is 5.69 Å². The van der Waals surface area contributed by atoms with E-state index in [1.54, 1.807) is 23.0 Å². The molecule has 0 atom stereocenters. The van der Waals surface area contributed by atoms with Crippen LogP contribution in [0, 0.1) is 10.1 Å². The first kappa shape index (κ1) is 16.9. The quantitative estimate of drug-likeness (QED) is 0.520. The highest BCUT2D eigenvalue weighted by Gasteiger charge is 2.23. The first-order valence-corrected chi connectivity index (χ1v) is 7.65. The Morgan fingerprint density at radius 1 is 1.32 bits per heavy atom. The van der Waals surface area contributed by atoms with Gasteiger partial charge in [0.05, 0.1) is 33.4 Å². The number of nitro groups is 1. The standard InChI is InChI=1S/C14H10Cl2N6O3/c15-10-2-1-8(3-11(10)16)6-21-7-9(4-18-21)19-14(23)13-12(22(24)25)5-17-20-13/h1-5,7H,6H2,(H,17,20)(H,19,23). The first-order chi connectivity index (χ1) is 11.9. The molecule has 0 unspecified atom stereocenters. The van der Waals surface area contributed by atoms with Crippen molar-refractivity contribution < 1.29 is 9.72 Å². The second-order valence-electron chi connectivity index (χ2n) is 5.02. The van der Waals surface area contributed by atoms with Crippen molar-refractivity contribution in [3.8, 4) is 0 Å². The lowest BCUT2D eigenvalue weighted by Crippen LogP contribution is -2.13. The third-order valence-electron chi connectivity index (χ3n) is 3.26. The average molecular weight is 381 g/mol. The van der Waals surface area contributed by atoms with Crippen LogP contribution in [0.3, 0.4) is 0 Å². The van der Waals surface area contributed by atoms with Crippen molar-refractivity contribution >= 4 is 40.5 Å². The van der Waals surface area contributed by atoms with Gasteiger partial charge in [-0.1, -0.05) is 29.3 Å². The Labute approximate surface area is 150 Å². The monoisotopic (exact) mass is 380 g/mol. The number of aromatic nitrogens is 4. The van der Waals surface area contributed by atoms with E-state index in [0.29, 0.717) is 22.3 Å². The van der Waals surface area contributed by atoms with Gasteiger partial charge in [-0.25, -0.2) is 0 Å². The molecule has 2 heterocycles. The smallest absolute Gasteiger partial charge is 0.318 e. The highest BCUT2D eigenvalue weighted by molar-refractivity contribution is 6.42. The van der Waals surface area contributed by atoms with Crippen LogP contribution in [0.15, 0.2) is 36.8 Å². The summed E-state index contributed by atoms with van der Waals surface area (Å²) >= 11 is 11.8. The zero-order chi connectivity index (χ0) is 18.0. The number of nitrogens with one attached hydrogen (secondary N) is 2. The van der Waals surface area contributed by atoms with Gasteiger partial charge in [0, 0.05) is 6.20 Å². The van der Waals surface area contributed by atoms with Crippen LogP contribution in [0.4, 0.5) is 11.4 Å². The van der Waals surface area contributed by atoms with Gasteiger partial charge in [-0.15, -0.1) is 0 Å². The van der Waals surface area contributed by atoms with Crippen LogP contribution in [0.2, 0.25) is 10.0 Å². The minimum atomic E-state index is -0.688. The summed E-state index contributed by atoms with van der Waals surface area (Å²) in [6, 6.07) is 5.21. The summed E-state index contributed by atoms with van der Waals surface area (Å²) in [5.74, 6) is -0.682. The molecule has 128 valence electrons. The van der Waals surface area contributed by atoms with Crippen LogP contribution in [0.25, 0.3) is 0 Å². The molecule has 0 aliphatic rings. The molecule has 3 aromatic rings. The van der Waals surface area contributed by atoms with Gasteiger partial charge in [0.1, 0.15) is 6.20 Å². The van der Waals surface area contributed by atoms with Gasteiger partial charge < -0.3 is 5.32 Å². The van der Waals surface area contributed by atoms with Crippen LogP contribution < -0.4 is 5.32 Å². The van der Waals surface area contributed by atoms with Crippen molar-refractivity contribution in [1.82, 2.24) is 20.0 Å². The Morgan fingerprint density at radius 3 is 2.84 bits per heavy atom. The van der Waals surface area contributed by atoms with Gasteiger partial charge in [0.25, 0.3) is 5.91 Å². The maximum Gasteiger partial charge on any atom is 0.319 e. The molecule has 0 saturated carbocycles. The maximum absolute atomic E-state index is 12.1. The maximum atomic E-state index is 12.1. The Hall–Kier alpha value is -2.91. The summed E-state index contributed by atoms with van der Waals surface area (Å²) in [4.78, 5) is 22.2. The Balaban J connectivity index is 1.71. The predicted molar refractivity (Wildman–Crippen MR) is 91.0 cm³/mol. The third-order valence-corrected chi connectivity index (χ3v) is 4.00. The lowest BCUT2D eigenvalue weighted by Gasteiger charge is -2.03. The summed E-state index contributed by atoms with van der Waals surface area (Å²) in [7, 11) is 0. The molecular weight excluding hydrogens is 371 g/mol. The third kappa shape index (κ3) is 3.78. The van der Waals surface area contributed by atoms with Gasteiger partial charge >= 0.3 is 5.69 Å². The van der Waals surface area contributed by atoms with Crippen molar-refractivity contribution in [2.75, 3.05) is 5.32 Å². The number of anilines is 1. The number of amides is 1. The molecule has 1 aromatic carbocycles. The molecule has 0 fully saturated rings. The summed E-state index contributed by atoms with van der Waals surface area (Å²) in [6.45, 7) is 0.414. The van der Waals surface area contributed by atoms with Gasteiger partial charge in [-0.05, 0) is 17.7 Å². The Bertz CT molecular complexity index is 952.